The smallest absolute Gasteiger partial charge is 0.257 e. The monoisotopic (exact) mass is 389 g/mol. The summed E-state index contributed by atoms with van der Waals surface area (Å²) in [5.41, 5.74) is 1.10. The number of rotatable bonds is 6. The molecule has 1 fully saturated rings. The highest BCUT2D eigenvalue weighted by Gasteiger charge is 2.32. The Balaban J connectivity index is 1.69. The van der Waals surface area contributed by atoms with Crippen molar-refractivity contribution in [1.29, 1.82) is 0 Å². The molecule has 7 nitrogen and oxygen atoms in total. The van der Waals surface area contributed by atoms with E-state index in [1.165, 1.54) is 6.20 Å². The maximum absolute atomic E-state index is 12.4. The average Bonchev–Trinajstić information content (AvgIpc) is 3.03. The Morgan fingerprint density at radius 3 is 2.52 bits per heavy atom. The predicted octanol–water partition coefficient (Wildman–Crippen LogP) is 2.36. The van der Waals surface area contributed by atoms with E-state index in [4.69, 9.17) is 4.74 Å². The molecular weight excluding hydrogens is 366 g/mol. The van der Waals surface area contributed by atoms with Gasteiger partial charge in [-0.25, -0.2) is 13.4 Å². The molecule has 3 rings (SSSR count). The lowest BCUT2D eigenvalue weighted by Gasteiger charge is -2.27. The number of pyridine rings is 1. The largest absolute Gasteiger partial charge is 0.497 e. The molecule has 144 valence electrons. The van der Waals surface area contributed by atoms with Gasteiger partial charge < -0.3 is 15.0 Å². The zero-order chi connectivity index (χ0) is 19.4. The minimum absolute atomic E-state index is 0.0634. The van der Waals surface area contributed by atoms with Crippen LogP contribution in [0.4, 0.5) is 11.5 Å². The van der Waals surface area contributed by atoms with Gasteiger partial charge in [-0.15, -0.1) is 0 Å². The summed E-state index contributed by atoms with van der Waals surface area (Å²) in [5.74, 6) is 1.51. The van der Waals surface area contributed by atoms with Crippen molar-refractivity contribution in [3.63, 3.8) is 0 Å². The van der Waals surface area contributed by atoms with Crippen LogP contribution in [0.1, 0.15) is 23.7 Å². The first kappa shape index (κ1) is 19.2. The molecular formula is C19H23N3O4S. The fourth-order valence-electron chi connectivity index (χ4n) is 3.20. The number of hydrogen-bond donors (Lipinski definition) is 1. The Labute approximate surface area is 159 Å². The van der Waals surface area contributed by atoms with Gasteiger partial charge >= 0.3 is 0 Å². The topological polar surface area (TPSA) is 88.6 Å². The van der Waals surface area contributed by atoms with Crippen molar-refractivity contribution >= 4 is 27.2 Å². The molecule has 8 heteroatoms. The third-order valence-corrected chi connectivity index (χ3v) is 6.39. The van der Waals surface area contributed by atoms with Crippen LogP contribution in [-0.2, 0) is 9.84 Å². The van der Waals surface area contributed by atoms with Crippen LogP contribution in [0, 0.1) is 0 Å². The van der Waals surface area contributed by atoms with Gasteiger partial charge in [-0.2, -0.15) is 0 Å². The van der Waals surface area contributed by atoms with E-state index < -0.39 is 9.84 Å². The van der Waals surface area contributed by atoms with Crippen LogP contribution in [-0.4, -0.2) is 50.5 Å². The summed E-state index contributed by atoms with van der Waals surface area (Å²) in [6.45, 7) is 2.63. The van der Waals surface area contributed by atoms with Gasteiger partial charge in [-0.05, 0) is 49.7 Å². The maximum Gasteiger partial charge on any atom is 0.257 e. The van der Waals surface area contributed by atoms with Gasteiger partial charge in [0.05, 0.1) is 24.2 Å². The zero-order valence-electron chi connectivity index (χ0n) is 15.4. The summed E-state index contributed by atoms with van der Waals surface area (Å²) in [6, 6.07) is 10.5. The van der Waals surface area contributed by atoms with E-state index >= 15 is 0 Å². The summed E-state index contributed by atoms with van der Waals surface area (Å²) in [6.07, 6.45) is 2.12. The second kappa shape index (κ2) is 7.96. The van der Waals surface area contributed by atoms with Crippen LogP contribution in [0.15, 0.2) is 42.6 Å². The number of carbonyl (C=O) groups excluding carboxylic acids is 1. The molecule has 0 spiro atoms. The lowest BCUT2D eigenvalue weighted by Crippen LogP contribution is -2.36. The van der Waals surface area contributed by atoms with Gasteiger partial charge in [0.1, 0.15) is 11.6 Å². The van der Waals surface area contributed by atoms with E-state index in [1.807, 2.05) is 11.8 Å². The molecule has 2 aromatic rings. The Morgan fingerprint density at radius 2 is 2.00 bits per heavy atom. The first-order valence-electron chi connectivity index (χ1n) is 8.80. The van der Waals surface area contributed by atoms with E-state index in [-0.39, 0.29) is 23.5 Å². The summed E-state index contributed by atoms with van der Waals surface area (Å²) >= 11 is 0. The van der Waals surface area contributed by atoms with Crippen molar-refractivity contribution in [1.82, 2.24) is 4.98 Å². The van der Waals surface area contributed by atoms with Crippen molar-refractivity contribution in [2.24, 2.45) is 0 Å². The number of nitrogens with one attached hydrogen (secondary N) is 1. The quantitative estimate of drug-likeness (QED) is 0.816. The van der Waals surface area contributed by atoms with Crippen molar-refractivity contribution < 1.29 is 17.9 Å². The predicted molar refractivity (Wildman–Crippen MR) is 105 cm³/mol. The third kappa shape index (κ3) is 4.57. The van der Waals surface area contributed by atoms with Crippen LogP contribution in [0.5, 0.6) is 5.75 Å². The molecule has 1 aliphatic heterocycles. The molecule has 1 aliphatic rings. The zero-order valence-corrected chi connectivity index (χ0v) is 16.2. The van der Waals surface area contributed by atoms with Crippen LogP contribution < -0.4 is 15.0 Å². The maximum atomic E-state index is 12.4. The van der Waals surface area contributed by atoms with Crippen LogP contribution in [0.2, 0.25) is 0 Å². The Kier molecular flexibility index (Phi) is 5.65. The molecule has 0 radical (unpaired) electrons. The highest BCUT2D eigenvalue weighted by Crippen LogP contribution is 2.23. The van der Waals surface area contributed by atoms with Crippen molar-refractivity contribution in [3.05, 3.63) is 48.2 Å². The van der Waals surface area contributed by atoms with Crippen LogP contribution in [0.25, 0.3) is 0 Å². The number of amides is 1. The number of benzene rings is 1. The number of aromatic nitrogens is 1. The Bertz CT molecular complexity index is 896. The van der Waals surface area contributed by atoms with Gasteiger partial charge in [0.25, 0.3) is 5.91 Å². The molecule has 1 aromatic heterocycles. The fourth-order valence-corrected chi connectivity index (χ4v) is 4.93. The van der Waals surface area contributed by atoms with Crippen LogP contribution >= 0.6 is 0 Å². The molecule has 1 amide bonds. The van der Waals surface area contributed by atoms with E-state index in [0.717, 1.165) is 0 Å². The molecule has 0 bridgehead atoms. The second-order valence-corrected chi connectivity index (χ2v) is 8.66. The highest BCUT2D eigenvalue weighted by molar-refractivity contribution is 7.91. The molecule has 2 heterocycles. The highest BCUT2D eigenvalue weighted by atomic mass is 32.2. The lowest BCUT2D eigenvalue weighted by molar-refractivity contribution is 0.102. The minimum Gasteiger partial charge on any atom is -0.497 e. The summed E-state index contributed by atoms with van der Waals surface area (Å²) in [4.78, 5) is 18.7. The van der Waals surface area contributed by atoms with Gasteiger partial charge in [0, 0.05) is 24.5 Å². The number of anilines is 2. The number of sulfone groups is 1. The number of carbonyl (C=O) groups is 1. The van der Waals surface area contributed by atoms with Gasteiger partial charge in [-0.1, -0.05) is 0 Å². The Hall–Kier alpha value is -2.61. The summed E-state index contributed by atoms with van der Waals surface area (Å²) in [5, 5.41) is 2.81. The summed E-state index contributed by atoms with van der Waals surface area (Å²) < 4.78 is 28.6. The van der Waals surface area contributed by atoms with Gasteiger partial charge in [0.15, 0.2) is 9.84 Å². The molecule has 1 saturated heterocycles. The average molecular weight is 389 g/mol. The minimum atomic E-state index is -2.96. The van der Waals surface area contributed by atoms with E-state index in [9.17, 15) is 13.2 Å². The van der Waals surface area contributed by atoms with E-state index in [1.54, 1.807) is 43.5 Å². The first-order valence-corrected chi connectivity index (χ1v) is 10.6. The van der Waals surface area contributed by atoms with Gasteiger partial charge in [-0.3, -0.25) is 4.79 Å². The van der Waals surface area contributed by atoms with Crippen molar-refractivity contribution in [2.75, 3.05) is 35.4 Å². The van der Waals surface area contributed by atoms with Crippen molar-refractivity contribution in [3.8, 4) is 5.75 Å². The lowest BCUT2D eigenvalue weighted by atomic mass is 10.2. The first-order chi connectivity index (χ1) is 12.9. The second-order valence-electron chi connectivity index (χ2n) is 6.43. The van der Waals surface area contributed by atoms with E-state index in [0.29, 0.717) is 35.8 Å². The SMILES string of the molecule is CCN(c1ccc(C(=O)Nc2ccc(OC)cc2)cn1)C1CCS(=O)(=O)C1. The molecule has 1 atom stereocenters. The standard InChI is InChI=1S/C19H23N3O4S/c1-3-22(16-10-11-27(24,25)13-16)18-9-4-14(12-20-18)19(23)21-15-5-7-17(26-2)8-6-15/h4-9,12,16H,3,10-11,13H2,1-2H3,(H,21,23). The summed E-state index contributed by atoms with van der Waals surface area (Å²) in [7, 11) is -1.38. The molecule has 1 unspecified atom stereocenters. The molecule has 0 saturated carbocycles. The molecule has 1 aromatic carbocycles. The normalized spacial score (nSPS) is 18.1. The van der Waals surface area contributed by atoms with Crippen molar-refractivity contribution in [2.45, 2.75) is 19.4 Å². The number of methoxy groups -OCH3 is 1. The number of nitrogens with zero attached hydrogens (tertiary/aromatic N) is 2. The number of ether oxygens (including phenoxy) is 1. The van der Waals surface area contributed by atoms with Crippen LogP contribution in [0.3, 0.4) is 0 Å². The fraction of sp³-hybridized carbons (Fsp3) is 0.368. The van der Waals surface area contributed by atoms with Gasteiger partial charge in [0.2, 0.25) is 0 Å². The molecule has 1 N–H and O–H groups in total. The van der Waals surface area contributed by atoms with E-state index in [2.05, 4.69) is 10.3 Å². The number of hydrogen-bond acceptors (Lipinski definition) is 6. The third-order valence-electron chi connectivity index (χ3n) is 4.64. The molecule has 0 aliphatic carbocycles. The molecule has 27 heavy (non-hydrogen) atoms. The Morgan fingerprint density at radius 1 is 1.26 bits per heavy atom.